The molecule has 0 aliphatic carbocycles. The lowest BCUT2D eigenvalue weighted by atomic mass is 10.0. The zero-order valence-electron chi connectivity index (χ0n) is 14.2. The summed E-state index contributed by atoms with van der Waals surface area (Å²) in [6.45, 7) is 0.807. The lowest BCUT2D eigenvalue weighted by Gasteiger charge is -2.16. The number of hydrogen-bond acceptors (Lipinski definition) is 5. The number of aliphatic hydroxyl groups is 1. The summed E-state index contributed by atoms with van der Waals surface area (Å²) in [5.41, 5.74) is 4.03. The van der Waals surface area contributed by atoms with Crippen LogP contribution in [0.5, 0.6) is 0 Å². The van der Waals surface area contributed by atoms with Crippen molar-refractivity contribution in [2.75, 3.05) is 18.5 Å². The maximum atomic E-state index is 9.74. The summed E-state index contributed by atoms with van der Waals surface area (Å²) in [6.07, 6.45) is 2.60. The van der Waals surface area contributed by atoms with Gasteiger partial charge in [0.15, 0.2) is 5.65 Å². The lowest BCUT2D eigenvalue weighted by molar-refractivity contribution is 0.232. The van der Waals surface area contributed by atoms with Crippen LogP contribution >= 0.6 is 11.3 Å². The van der Waals surface area contributed by atoms with Crippen molar-refractivity contribution in [3.63, 3.8) is 0 Å². The van der Waals surface area contributed by atoms with E-state index in [-0.39, 0.29) is 12.5 Å². The summed E-state index contributed by atoms with van der Waals surface area (Å²) in [5, 5.41) is 21.8. The van der Waals surface area contributed by atoms with Crippen LogP contribution < -0.4 is 5.32 Å². The molecule has 26 heavy (non-hydrogen) atoms. The number of nitrogens with one attached hydrogen (secondary N) is 1. The number of aromatic nitrogens is 3. The zero-order valence-corrected chi connectivity index (χ0v) is 15.1. The van der Waals surface area contributed by atoms with Crippen LogP contribution in [0.2, 0.25) is 0 Å². The van der Waals surface area contributed by atoms with Gasteiger partial charge in [-0.15, -0.1) is 0 Å². The lowest BCUT2D eigenvalue weighted by Crippen LogP contribution is -2.21. The average molecular weight is 364 g/mol. The number of nitrogens with zero attached hydrogens (tertiary/aromatic N) is 3. The number of anilines is 1. The van der Waals surface area contributed by atoms with E-state index < -0.39 is 0 Å². The minimum absolute atomic E-state index is 0.141. The SMILES string of the molecule is OCC(CNc1cc(-c2ccccc2)nc2ccnn12)Cc1ccsc1. The smallest absolute Gasteiger partial charge is 0.157 e. The molecular weight excluding hydrogens is 344 g/mol. The summed E-state index contributed by atoms with van der Waals surface area (Å²) >= 11 is 1.68. The summed E-state index contributed by atoms with van der Waals surface area (Å²) in [6, 6.07) is 16.1. The highest BCUT2D eigenvalue weighted by atomic mass is 32.1. The quantitative estimate of drug-likeness (QED) is 0.525. The fourth-order valence-corrected chi connectivity index (χ4v) is 3.67. The number of rotatable bonds is 7. The largest absolute Gasteiger partial charge is 0.396 e. The molecule has 5 nitrogen and oxygen atoms in total. The van der Waals surface area contributed by atoms with Crippen LogP contribution in [-0.2, 0) is 6.42 Å². The van der Waals surface area contributed by atoms with Crippen molar-refractivity contribution in [1.82, 2.24) is 14.6 Å². The number of fused-ring (bicyclic) bond motifs is 1. The maximum Gasteiger partial charge on any atom is 0.157 e. The Balaban J connectivity index is 1.58. The molecule has 0 bridgehead atoms. The van der Waals surface area contributed by atoms with Crippen LogP contribution in [0.25, 0.3) is 16.9 Å². The van der Waals surface area contributed by atoms with E-state index >= 15 is 0 Å². The van der Waals surface area contributed by atoms with Gasteiger partial charge in [0.05, 0.1) is 11.9 Å². The van der Waals surface area contributed by atoms with Crippen LogP contribution in [0.1, 0.15) is 5.56 Å². The molecule has 4 aromatic rings. The molecule has 4 rings (SSSR count). The first kappa shape index (κ1) is 16.8. The number of benzene rings is 1. The van der Waals surface area contributed by atoms with Gasteiger partial charge in [-0.1, -0.05) is 30.3 Å². The standard InChI is InChI=1S/C20H20N4OS/c25-13-16(10-15-7-9-26-14-15)12-21-20-11-18(17-4-2-1-3-5-17)23-19-6-8-22-24(19)20/h1-9,11,14,16,21,25H,10,12-13H2. The van der Waals surface area contributed by atoms with Gasteiger partial charge in [-0.3, -0.25) is 0 Å². The Morgan fingerprint density at radius 3 is 2.81 bits per heavy atom. The molecule has 0 saturated heterocycles. The fourth-order valence-electron chi connectivity index (χ4n) is 2.99. The van der Waals surface area contributed by atoms with Gasteiger partial charge >= 0.3 is 0 Å². The van der Waals surface area contributed by atoms with Crippen LogP contribution in [-0.4, -0.2) is 32.9 Å². The molecule has 3 heterocycles. The third-order valence-electron chi connectivity index (χ3n) is 4.36. The van der Waals surface area contributed by atoms with Gasteiger partial charge in [-0.2, -0.15) is 21.0 Å². The number of aliphatic hydroxyl groups excluding tert-OH is 1. The molecule has 0 amide bonds. The molecule has 0 aliphatic heterocycles. The second-order valence-electron chi connectivity index (χ2n) is 6.26. The predicted octanol–water partition coefficient (Wildman–Crippen LogP) is 3.72. The second-order valence-corrected chi connectivity index (χ2v) is 7.04. The Bertz CT molecular complexity index is 966. The first-order chi connectivity index (χ1) is 12.8. The Morgan fingerprint density at radius 1 is 1.15 bits per heavy atom. The van der Waals surface area contributed by atoms with Gasteiger partial charge in [0.25, 0.3) is 0 Å². The molecule has 0 radical (unpaired) electrons. The number of thiophene rings is 1. The van der Waals surface area contributed by atoms with Crippen LogP contribution in [0.4, 0.5) is 5.82 Å². The predicted molar refractivity (Wildman–Crippen MR) is 106 cm³/mol. The van der Waals surface area contributed by atoms with Crippen molar-refractivity contribution in [1.29, 1.82) is 0 Å². The molecule has 3 aromatic heterocycles. The van der Waals surface area contributed by atoms with E-state index in [4.69, 9.17) is 0 Å². The maximum absolute atomic E-state index is 9.74. The highest BCUT2D eigenvalue weighted by molar-refractivity contribution is 7.07. The molecule has 0 saturated carbocycles. The molecule has 132 valence electrons. The molecule has 0 spiro atoms. The van der Waals surface area contributed by atoms with Crippen molar-refractivity contribution in [3.05, 3.63) is 71.1 Å². The monoisotopic (exact) mass is 364 g/mol. The van der Waals surface area contributed by atoms with E-state index in [9.17, 15) is 5.11 Å². The Kier molecular flexibility index (Phi) is 4.95. The molecular formula is C20H20N4OS. The minimum atomic E-state index is 0.141. The van der Waals surface area contributed by atoms with E-state index in [1.165, 1.54) is 5.56 Å². The zero-order chi connectivity index (χ0) is 17.8. The molecule has 1 aromatic carbocycles. The third kappa shape index (κ3) is 3.61. The van der Waals surface area contributed by atoms with Gasteiger partial charge in [0.2, 0.25) is 0 Å². The summed E-state index contributed by atoms with van der Waals surface area (Å²) in [5.74, 6) is 1.02. The van der Waals surface area contributed by atoms with Crippen molar-refractivity contribution in [2.45, 2.75) is 6.42 Å². The van der Waals surface area contributed by atoms with Crippen LogP contribution in [0.15, 0.2) is 65.5 Å². The van der Waals surface area contributed by atoms with E-state index in [1.54, 1.807) is 22.0 Å². The average Bonchev–Trinajstić information content (AvgIpc) is 3.37. The van der Waals surface area contributed by atoms with Crippen molar-refractivity contribution < 1.29 is 5.11 Å². The minimum Gasteiger partial charge on any atom is -0.396 e. The first-order valence-corrected chi connectivity index (χ1v) is 9.54. The normalized spacial score (nSPS) is 12.3. The molecule has 2 N–H and O–H groups in total. The topological polar surface area (TPSA) is 62.5 Å². The number of hydrogen-bond donors (Lipinski definition) is 2. The van der Waals surface area contributed by atoms with Crippen molar-refractivity contribution in [3.8, 4) is 11.3 Å². The van der Waals surface area contributed by atoms with Crippen molar-refractivity contribution >= 4 is 22.8 Å². The van der Waals surface area contributed by atoms with E-state index in [2.05, 4.69) is 32.2 Å². The molecule has 1 unspecified atom stereocenters. The Hall–Kier alpha value is -2.70. The van der Waals surface area contributed by atoms with Gasteiger partial charge in [0.1, 0.15) is 5.82 Å². The van der Waals surface area contributed by atoms with Crippen LogP contribution in [0, 0.1) is 5.92 Å². The van der Waals surface area contributed by atoms with E-state index in [0.29, 0.717) is 6.54 Å². The van der Waals surface area contributed by atoms with Gasteiger partial charge in [-0.05, 0) is 28.8 Å². The molecule has 6 heteroatoms. The molecule has 0 aliphatic rings. The van der Waals surface area contributed by atoms with E-state index in [1.807, 2.05) is 42.5 Å². The molecule has 1 atom stereocenters. The van der Waals surface area contributed by atoms with Crippen LogP contribution in [0.3, 0.4) is 0 Å². The second kappa shape index (κ2) is 7.68. The Morgan fingerprint density at radius 2 is 2.04 bits per heavy atom. The van der Waals surface area contributed by atoms with E-state index in [0.717, 1.165) is 29.1 Å². The summed E-state index contributed by atoms with van der Waals surface area (Å²) in [7, 11) is 0. The highest BCUT2D eigenvalue weighted by Gasteiger charge is 2.12. The highest BCUT2D eigenvalue weighted by Crippen LogP contribution is 2.22. The van der Waals surface area contributed by atoms with Gasteiger partial charge in [0, 0.05) is 36.8 Å². The summed E-state index contributed by atoms with van der Waals surface area (Å²) < 4.78 is 1.80. The third-order valence-corrected chi connectivity index (χ3v) is 5.10. The molecule has 0 fully saturated rings. The van der Waals surface area contributed by atoms with Gasteiger partial charge in [-0.25, -0.2) is 4.98 Å². The Labute approximate surface area is 156 Å². The summed E-state index contributed by atoms with van der Waals surface area (Å²) in [4.78, 5) is 4.69. The van der Waals surface area contributed by atoms with Gasteiger partial charge < -0.3 is 10.4 Å². The van der Waals surface area contributed by atoms with Crippen molar-refractivity contribution in [2.24, 2.45) is 5.92 Å². The fraction of sp³-hybridized carbons (Fsp3) is 0.200. The first-order valence-electron chi connectivity index (χ1n) is 8.59.